The van der Waals surface area contributed by atoms with Crippen molar-refractivity contribution in [2.45, 2.75) is 0 Å². The van der Waals surface area contributed by atoms with Crippen molar-refractivity contribution in [3.63, 3.8) is 0 Å². The Kier molecular flexibility index (Phi) is 3.03. The minimum atomic E-state index is 0.483. The number of rotatable bonds is 2. The van der Waals surface area contributed by atoms with Crippen LogP contribution in [0.4, 0.5) is 0 Å². The largest absolute Gasteiger partial charge is 0.497 e. The van der Waals surface area contributed by atoms with E-state index >= 15 is 0 Å². The Bertz CT molecular complexity index is 598. The molecular formula is C12H10ClN3O. The molecule has 0 amide bonds. The number of hydrogen-bond donors (Lipinski definition) is 0. The smallest absolute Gasteiger partial charge is 0.147 e. The maximum atomic E-state index is 9.06. The maximum Gasteiger partial charge on any atom is 0.147 e. The number of benzene rings is 1. The molecule has 0 unspecified atom stereocenters. The number of ether oxygens (including phenoxy) is 1. The molecule has 0 aliphatic heterocycles. The second-order valence-electron chi connectivity index (χ2n) is 3.51. The van der Waals surface area contributed by atoms with Gasteiger partial charge in [0.15, 0.2) is 0 Å². The van der Waals surface area contributed by atoms with Crippen LogP contribution in [0.5, 0.6) is 5.75 Å². The van der Waals surface area contributed by atoms with E-state index < -0.39 is 0 Å². The molecule has 1 aromatic carbocycles. The Hall–Kier alpha value is -1.99. The molecule has 2 aromatic rings. The second-order valence-corrected chi connectivity index (χ2v) is 3.92. The van der Waals surface area contributed by atoms with Crippen LogP contribution in [0.2, 0.25) is 5.02 Å². The van der Waals surface area contributed by atoms with Crippen molar-refractivity contribution in [2.24, 2.45) is 7.05 Å². The predicted molar refractivity (Wildman–Crippen MR) is 64.9 cm³/mol. The summed E-state index contributed by atoms with van der Waals surface area (Å²) in [6, 6.07) is 7.39. The van der Waals surface area contributed by atoms with Crippen molar-refractivity contribution in [1.29, 1.82) is 5.26 Å². The highest BCUT2D eigenvalue weighted by atomic mass is 35.5. The lowest BCUT2D eigenvalue weighted by Gasteiger charge is -2.05. The third-order valence-corrected chi connectivity index (χ3v) is 2.79. The fraction of sp³-hybridized carbons (Fsp3) is 0.167. The molecule has 1 heterocycles. The molecule has 0 aliphatic rings. The molecule has 5 heteroatoms. The third kappa shape index (κ3) is 1.97. The van der Waals surface area contributed by atoms with Crippen molar-refractivity contribution >= 4 is 11.6 Å². The van der Waals surface area contributed by atoms with Gasteiger partial charge in [0, 0.05) is 12.6 Å². The molecule has 0 bridgehead atoms. The molecule has 1 aromatic heterocycles. The van der Waals surface area contributed by atoms with Gasteiger partial charge in [-0.3, -0.25) is 0 Å². The first-order chi connectivity index (χ1) is 8.17. The minimum Gasteiger partial charge on any atom is -0.497 e. The van der Waals surface area contributed by atoms with Gasteiger partial charge in [0.05, 0.1) is 18.5 Å². The van der Waals surface area contributed by atoms with Crippen LogP contribution < -0.4 is 4.74 Å². The van der Waals surface area contributed by atoms with E-state index in [4.69, 9.17) is 21.6 Å². The molecule has 4 nitrogen and oxygen atoms in total. The minimum absolute atomic E-state index is 0.483. The van der Waals surface area contributed by atoms with E-state index in [1.165, 1.54) is 0 Å². The van der Waals surface area contributed by atoms with Gasteiger partial charge in [0.2, 0.25) is 0 Å². The van der Waals surface area contributed by atoms with Crippen LogP contribution in [0.15, 0.2) is 24.5 Å². The van der Waals surface area contributed by atoms with Gasteiger partial charge < -0.3 is 9.30 Å². The zero-order valence-corrected chi connectivity index (χ0v) is 10.2. The Morgan fingerprint density at radius 1 is 1.47 bits per heavy atom. The Labute approximate surface area is 104 Å². The lowest BCUT2D eigenvalue weighted by Crippen LogP contribution is -1.91. The summed E-state index contributed by atoms with van der Waals surface area (Å²) < 4.78 is 6.74. The maximum absolute atomic E-state index is 9.06. The number of aryl methyl sites for hydroxylation is 1. The van der Waals surface area contributed by atoms with Gasteiger partial charge in [-0.05, 0) is 18.2 Å². The first-order valence-electron chi connectivity index (χ1n) is 4.92. The van der Waals surface area contributed by atoms with Crippen molar-refractivity contribution in [3.05, 3.63) is 35.2 Å². The molecule has 0 N–H and O–H groups in total. The lowest BCUT2D eigenvalue weighted by molar-refractivity contribution is 0.415. The summed E-state index contributed by atoms with van der Waals surface area (Å²) in [5.41, 5.74) is 1.80. The topological polar surface area (TPSA) is 50.8 Å². The quantitative estimate of drug-likeness (QED) is 0.820. The monoisotopic (exact) mass is 247 g/mol. The van der Waals surface area contributed by atoms with Crippen molar-refractivity contribution in [2.75, 3.05) is 7.11 Å². The van der Waals surface area contributed by atoms with Crippen molar-refractivity contribution < 1.29 is 4.74 Å². The molecule has 2 rings (SSSR count). The van der Waals surface area contributed by atoms with E-state index in [0.717, 1.165) is 5.56 Å². The number of nitriles is 1. The predicted octanol–water partition coefficient (Wildman–Crippen LogP) is 2.62. The zero-order valence-electron chi connectivity index (χ0n) is 9.44. The van der Waals surface area contributed by atoms with E-state index in [1.807, 2.05) is 0 Å². The van der Waals surface area contributed by atoms with E-state index in [9.17, 15) is 0 Å². The van der Waals surface area contributed by atoms with Crippen LogP contribution in [-0.2, 0) is 7.05 Å². The number of methoxy groups -OCH3 is 1. The van der Waals surface area contributed by atoms with Crippen LogP contribution in [0, 0.1) is 11.3 Å². The average molecular weight is 248 g/mol. The molecular weight excluding hydrogens is 238 g/mol. The van der Waals surface area contributed by atoms with Gasteiger partial charge in [0.1, 0.15) is 23.2 Å². The molecule has 0 saturated heterocycles. The summed E-state index contributed by atoms with van der Waals surface area (Å²) in [6.07, 6.45) is 1.59. The molecule has 0 atom stereocenters. The number of imidazole rings is 1. The van der Waals surface area contributed by atoms with Gasteiger partial charge in [-0.2, -0.15) is 5.26 Å². The van der Waals surface area contributed by atoms with Gasteiger partial charge in [-0.15, -0.1) is 0 Å². The van der Waals surface area contributed by atoms with Crippen molar-refractivity contribution in [3.8, 4) is 23.1 Å². The molecule has 17 heavy (non-hydrogen) atoms. The highest BCUT2D eigenvalue weighted by molar-refractivity contribution is 6.33. The molecule has 86 valence electrons. The summed E-state index contributed by atoms with van der Waals surface area (Å²) >= 11 is 6.14. The SMILES string of the molecule is COc1ccc(-c2ncn(C)c2C#N)c(Cl)c1. The average Bonchev–Trinajstić information content (AvgIpc) is 2.70. The van der Waals surface area contributed by atoms with Gasteiger partial charge in [-0.25, -0.2) is 4.98 Å². The van der Waals surface area contributed by atoms with Crippen LogP contribution in [0.25, 0.3) is 11.3 Å². The fourth-order valence-electron chi connectivity index (χ4n) is 1.57. The highest BCUT2D eigenvalue weighted by Crippen LogP contribution is 2.31. The first kappa shape index (κ1) is 11.5. The number of nitrogens with zero attached hydrogens (tertiary/aromatic N) is 3. The number of halogens is 1. The molecule has 0 fully saturated rings. The van der Waals surface area contributed by atoms with E-state index in [0.29, 0.717) is 22.2 Å². The fourth-order valence-corrected chi connectivity index (χ4v) is 1.83. The Morgan fingerprint density at radius 2 is 2.24 bits per heavy atom. The zero-order chi connectivity index (χ0) is 12.4. The van der Waals surface area contributed by atoms with E-state index in [1.54, 1.807) is 43.3 Å². The van der Waals surface area contributed by atoms with E-state index in [-0.39, 0.29) is 0 Å². The van der Waals surface area contributed by atoms with Crippen LogP contribution in [0.3, 0.4) is 0 Å². The summed E-state index contributed by atoms with van der Waals surface area (Å²) in [6.45, 7) is 0. The van der Waals surface area contributed by atoms with Gasteiger partial charge in [-0.1, -0.05) is 11.6 Å². The standard InChI is InChI=1S/C12H10ClN3O/c1-16-7-15-12(11(16)6-14)9-4-3-8(17-2)5-10(9)13/h3-5,7H,1-2H3. The van der Waals surface area contributed by atoms with Crippen LogP contribution in [-0.4, -0.2) is 16.7 Å². The summed E-state index contributed by atoms with van der Waals surface area (Å²) in [5, 5.41) is 9.58. The molecule has 0 saturated carbocycles. The lowest BCUT2D eigenvalue weighted by atomic mass is 10.1. The highest BCUT2D eigenvalue weighted by Gasteiger charge is 2.13. The normalized spacial score (nSPS) is 10.0. The number of aromatic nitrogens is 2. The molecule has 0 aliphatic carbocycles. The van der Waals surface area contributed by atoms with Crippen LogP contribution >= 0.6 is 11.6 Å². The second kappa shape index (κ2) is 4.48. The first-order valence-corrected chi connectivity index (χ1v) is 5.30. The van der Waals surface area contributed by atoms with Gasteiger partial charge in [0.25, 0.3) is 0 Å². The number of hydrogen-bond acceptors (Lipinski definition) is 3. The van der Waals surface area contributed by atoms with Crippen LogP contribution in [0.1, 0.15) is 5.69 Å². The summed E-state index contributed by atoms with van der Waals surface area (Å²) in [4.78, 5) is 4.19. The third-order valence-electron chi connectivity index (χ3n) is 2.47. The summed E-state index contributed by atoms with van der Waals surface area (Å²) in [7, 11) is 3.35. The van der Waals surface area contributed by atoms with E-state index in [2.05, 4.69) is 11.1 Å². The van der Waals surface area contributed by atoms with Gasteiger partial charge >= 0.3 is 0 Å². The Balaban J connectivity index is 2.58. The molecule has 0 spiro atoms. The Morgan fingerprint density at radius 3 is 2.82 bits per heavy atom. The summed E-state index contributed by atoms with van der Waals surface area (Å²) in [5.74, 6) is 0.674. The molecule has 0 radical (unpaired) electrons. The van der Waals surface area contributed by atoms with Crippen molar-refractivity contribution in [1.82, 2.24) is 9.55 Å².